The van der Waals surface area contributed by atoms with E-state index < -0.39 is 6.10 Å². The van der Waals surface area contributed by atoms with Crippen molar-refractivity contribution in [2.24, 2.45) is 11.7 Å². The van der Waals surface area contributed by atoms with Crippen molar-refractivity contribution in [2.45, 2.75) is 44.3 Å². The molecule has 0 bridgehead atoms. The third-order valence-electron chi connectivity index (χ3n) is 4.19. The van der Waals surface area contributed by atoms with Crippen LogP contribution < -0.4 is 5.73 Å². The lowest BCUT2D eigenvalue weighted by atomic mass is 9.76. The van der Waals surface area contributed by atoms with Gasteiger partial charge in [-0.3, -0.25) is 0 Å². The van der Waals surface area contributed by atoms with Crippen LogP contribution in [-0.4, -0.2) is 30.5 Å². The Kier molecular flexibility index (Phi) is 5.52. The molecule has 1 aliphatic carbocycles. The Morgan fingerprint density at radius 3 is 2.55 bits per heavy atom. The highest BCUT2D eigenvalue weighted by Gasteiger charge is 2.33. The SMILES string of the molecule is CCOC1CC(CC(O)C(CN)c2ccc(F)cc2)C1. The summed E-state index contributed by atoms with van der Waals surface area (Å²) in [5.41, 5.74) is 6.68. The first-order valence-electron chi connectivity index (χ1n) is 7.39. The Morgan fingerprint density at radius 2 is 2.00 bits per heavy atom. The number of hydrogen-bond donors (Lipinski definition) is 2. The first kappa shape index (κ1) is 15.4. The molecule has 0 aromatic heterocycles. The number of aliphatic hydroxyl groups is 1. The van der Waals surface area contributed by atoms with Gasteiger partial charge in [0.25, 0.3) is 0 Å². The van der Waals surface area contributed by atoms with Gasteiger partial charge >= 0.3 is 0 Å². The van der Waals surface area contributed by atoms with Crippen molar-refractivity contribution in [3.63, 3.8) is 0 Å². The van der Waals surface area contributed by atoms with Gasteiger partial charge in [-0.2, -0.15) is 0 Å². The lowest BCUT2D eigenvalue weighted by Gasteiger charge is -2.37. The Hall–Kier alpha value is -0.970. The zero-order valence-electron chi connectivity index (χ0n) is 12.0. The van der Waals surface area contributed by atoms with Crippen molar-refractivity contribution in [3.8, 4) is 0 Å². The third kappa shape index (κ3) is 3.78. The molecule has 2 atom stereocenters. The minimum absolute atomic E-state index is 0.123. The topological polar surface area (TPSA) is 55.5 Å². The molecular weight excluding hydrogens is 257 g/mol. The Balaban J connectivity index is 1.86. The molecule has 2 rings (SSSR count). The van der Waals surface area contributed by atoms with E-state index >= 15 is 0 Å². The highest BCUT2D eigenvalue weighted by Crippen LogP contribution is 2.36. The summed E-state index contributed by atoms with van der Waals surface area (Å²) in [7, 11) is 0. The summed E-state index contributed by atoms with van der Waals surface area (Å²) in [6, 6.07) is 6.25. The van der Waals surface area contributed by atoms with Crippen molar-refractivity contribution in [2.75, 3.05) is 13.2 Å². The van der Waals surface area contributed by atoms with E-state index in [0.29, 0.717) is 18.6 Å². The number of aliphatic hydroxyl groups excluding tert-OH is 1. The summed E-state index contributed by atoms with van der Waals surface area (Å²) >= 11 is 0. The normalized spacial score (nSPS) is 25.0. The third-order valence-corrected chi connectivity index (χ3v) is 4.19. The molecule has 0 spiro atoms. The zero-order chi connectivity index (χ0) is 14.5. The smallest absolute Gasteiger partial charge is 0.123 e. The van der Waals surface area contributed by atoms with E-state index in [1.165, 1.54) is 12.1 Å². The second-order valence-corrected chi connectivity index (χ2v) is 5.61. The standard InChI is InChI=1S/C16H24FNO2/c1-2-20-14-7-11(8-14)9-16(19)15(10-18)12-3-5-13(17)6-4-12/h3-6,11,14-16,19H,2,7-10,18H2,1H3. The monoisotopic (exact) mass is 281 g/mol. The molecule has 0 saturated heterocycles. The van der Waals surface area contributed by atoms with Crippen molar-refractivity contribution < 1.29 is 14.2 Å². The van der Waals surface area contributed by atoms with Crippen LogP contribution in [0.15, 0.2) is 24.3 Å². The zero-order valence-corrected chi connectivity index (χ0v) is 12.0. The Labute approximate surface area is 119 Å². The van der Waals surface area contributed by atoms with Gasteiger partial charge in [0.2, 0.25) is 0 Å². The maximum Gasteiger partial charge on any atom is 0.123 e. The predicted molar refractivity (Wildman–Crippen MR) is 77.0 cm³/mol. The van der Waals surface area contributed by atoms with Crippen LogP contribution in [0, 0.1) is 11.7 Å². The van der Waals surface area contributed by atoms with Crippen LogP contribution in [0.1, 0.15) is 37.7 Å². The molecule has 1 saturated carbocycles. The Bertz CT molecular complexity index is 403. The number of rotatable bonds is 7. The van der Waals surface area contributed by atoms with Crippen LogP contribution in [-0.2, 0) is 4.74 Å². The summed E-state index contributed by atoms with van der Waals surface area (Å²) in [5, 5.41) is 10.4. The van der Waals surface area contributed by atoms with Crippen LogP contribution in [0.3, 0.4) is 0 Å². The van der Waals surface area contributed by atoms with Gasteiger partial charge in [0.1, 0.15) is 5.82 Å². The van der Waals surface area contributed by atoms with E-state index in [-0.39, 0.29) is 11.7 Å². The number of nitrogens with two attached hydrogens (primary N) is 1. The molecule has 1 aromatic rings. The molecule has 112 valence electrons. The highest BCUT2D eigenvalue weighted by molar-refractivity contribution is 5.22. The molecule has 0 aliphatic heterocycles. The molecule has 4 heteroatoms. The molecule has 1 aromatic carbocycles. The maximum atomic E-state index is 12.9. The highest BCUT2D eigenvalue weighted by atomic mass is 19.1. The first-order valence-corrected chi connectivity index (χ1v) is 7.39. The maximum absolute atomic E-state index is 12.9. The fourth-order valence-electron chi connectivity index (χ4n) is 2.97. The van der Waals surface area contributed by atoms with E-state index in [1.807, 2.05) is 6.92 Å². The number of hydrogen-bond acceptors (Lipinski definition) is 3. The fourth-order valence-corrected chi connectivity index (χ4v) is 2.97. The molecule has 20 heavy (non-hydrogen) atoms. The van der Waals surface area contributed by atoms with Gasteiger partial charge in [-0.05, 0) is 49.8 Å². The van der Waals surface area contributed by atoms with Crippen LogP contribution in [0.5, 0.6) is 0 Å². The molecule has 3 N–H and O–H groups in total. The van der Waals surface area contributed by atoms with Crippen LogP contribution in [0.25, 0.3) is 0 Å². The van der Waals surface area contributed by atoms with Crippen molar-refractivity contribution >= 4 is 0 Å². The quantitative estimate of drug-likeness (QED) is 0.807. The summed E-state index contributed by atoms with van der Waals surface area (Å²) in [6.45, 7) is 3.12. The van der Waals surface area contributed by atoms with E-state index in [0.717, 1.165) is 31.4 Å². The van der Waals surface area contributed by atoms with Gasteiger partial charge < -0.3 is 15.6 Å². The summed E-state index contributed by atoms with van der Waals surface area (Å²) in [6.07, 6.45) is 2.66. The van der Waals surface area contributed by atoms with Crippen LogP contribution in [0.4, 0.5) is 4.39 Å². The number of ether oxygens (including phenoxy) is 1. The van der Waals surface area contributed by atoms with Gasteiger partial charge in [0.15, 0.2) is 0 Å². The molecule has 3 nitrogen and oxygen atoms in total. The molecule has 0 heterocycles. The van der Waals surface area contributed by atoms with Gasteiger partial charge in [-0.25, -0.2) is 4.39 Å². The van der Waals surface area contributed by atoms with Crippen molar-refractivity contribution in [3.05, 3.63) is 35.6 Å². The first-order chi connectivity index (χ1) is 9.63. The lowest BCUT2D eigenvalue weighted by molar-refractivity contribution is -0.0398. The summed E-state index contributed by atoms with van der Waals surface area (Å²) in [5.74, 6) is 0.121. The van der Waals surface area contributed by atoms with E-state index in [1.54, 1.807) is 12.1 Å². The molecule has 0 amide bonds. The number of halogens is 1. The second kappa shape index (κ2) is 7.16. The minimum atomic E-state index is -0.474. The van der Waals surface area contributed by atoms with Crippen LogP contribution in [0.2, 0.25) is 0 Å². The molecule has 0 radical (unpaired) electrons. The van der Waals surface area contributed by atoms with E-state index in [9.17, 15) is 9.50 Å². The lowest BCUT2D eigenvalue weighted by Crippen LogP contribution is -2.36. The van der Waals surface area contributed by atoms with E-state index in [2.05, 4.69) is 0 Å². The van der Waals surface area contributed by atoms with Gasteiger partial charge in [-0.1, -0.05) is 12.1 Å². The molecule has 1 aliphatic rings. The molecular formula is C16H24FNO2. The van der Waals surface area contributed by atoms with Crippen LogP contribution >= 0.6 is 0 Å². The van der Waals surface area contributed by atoms with Crippen molar-refractivity contribution in [1.82, 2.24) is 0 Å². The predicted octanol–water partition coefficient (Wildman–Crippen LogP) is 2.43. The second-order valence-electron chi connectivity index (χ2n) is 5.61. The number of benzene rings is 1. The summed E-state index contributed by atoms with van der Waals surface area (Å²) in [4.78, 5) is 0. The average molecular weight is 281 g/mol. The van der Waals surface area contributed by atoms with Gasteiger partial charge in [0.05, 0.1) is 12.2 Å². The average Bonchev–Trinajstić information content (AvgIpc) is 2.39. The Morgan fingerprint density at radius 1 is 1.35 bits per heavy atom. The summed E-state index contributed by atoms with van der Waals surface area (Å²) < 4.78 is 18.5. The molecule has 2 unspecified atom stereocenters. The van der Waals surface area contributed by atoms with Gasteiger partial charge in [0, 0.05) is 19.1 Å². The largest absolute Gasteiger partial charge is 0.392 e. The minimum Gasteiger partial charge on any atom is -0.392 e. The van der Waals surface area contributed by atoms with Crippen molar-refractivity contribution in [1.29, 1.82) is 0 Å². The van der Waals surface area contributed by atoms with Gasteiger partial charge in [-0.15, -0.1) is 0 Å². The van der Waals surface area contributed by atoms with E-state index in [4.69, 9.17) is 10.5 Å². The molecule has 1 fully saturated rings. The fraction of sp³-hybridized carbons (Fsp3) is 0.625.